The third-order valence-electron chi connectivity index (χ3n) is 5.17. The number of anilines is 1. The zero-order valence-corrected chi connectivity index (χ0v) is 17.0. The van der Waals surface area contributed by atoms with Crippen molar-refractivity contribution >= 4 is 29.1 Å². The molecule has 13 heteroatoms. The molecule has 0 radical (unpaired) electrons. The summed E-state index contributed by atoms with van der Waals surface area (Å²) in [7, 11) is 0. The number of nitrogens with one attached hydrogen (secondary N) is 1. The Morgan fingerprint density at radius 2 is 1.88 bits per heavy atom. The van der Waals surface area contributed by atoms with Crippen LogP contribution in [0.25, 0.3) is 0 Å². The fourth-order valence-corrected chi connectivity index (χ4v) is 3.84. The Kier molecular flexibility index (Phi) is 6.45. The number of carbonyl (C=O) groups is 2. The zero-order chi connectivity index (χ0) is 23.8. The van der Waals surface area contributed by atoms with Gasteiger partial charge in [0, 0.05) is 25.1 Å². The van der Waals surface area contributed by atoms with Crippen LogP contribution in [0.4, 0.5) is 32.0 Å². The summed E-state index contributed by atoms with van der Waals surface area (Å²) in [6.07, 6.45) is -5.82. The fraction of sp³-hybridized carbons (Fsp3) is 0.421. The van der Waals surface area contributed by atoms with Crippen LogP contribution in [0, 0.1) is 11.7 Å². The standard InChI is InChI=1S/C19H17ClF6N4O2/c20-15-13(19(24,25)26)14(30(29-15)8-9-3-5-18(22,23)6-4-9)17(32)28-10-1-2-12(21)11(7-10)16(27)31/h1-2,7,9H,3-6,8H2,(H2,27,31)(H,28,32). The minimum atomic E-state index is -5.04. The van der Waals surface area contributed by atoms with E-state index >= 15 is 0 Å². The molecule has 0 saturated heterocycles. The van der Waals surface area contributed by atoms with E-state index in [2.05, 4.69) is 10.4 Å². The van der Waals surface area contributed by atoms with E-state index in [1.165, 1.54) is 0 Å². The van der Waals surface area contributed by atoms with Crippen molar-refractivity contribution in [3.63, 3.8) is 0 Å². The number of alkyl halides is 5. The smallest absolute Gasteiger partial charge is 0.366 e. The summed E-state index contributed by atoms with van der Waals surface area (Å²) in [5, 5.41) is 4.78. The third-order valence-corrected chi connectivity index (χ3v) is 5.43. The Bertz CT molecular complexity index is 1040. The number of hydrogen-bond donors (Lipinski definition) is 2. The molecule has 0 spiro atoms. The van der Waals surface area contributed by atoms with E-state index in [-0.39, 0.29) is 25.1 Å². The number of rotatable bonds is 5. The van der Waals surface area contributed by atoms with Gasteiger partial charge >= 0.3 is 6.18 Å². The number of nitrogens with two attached hydrogens (primary N) is 1. The number of halogens is 7. The van der Waals surface area contributed by atoms with Gasteiger partial charge in [0.15, 0.2) is 5.15 Å². The molecule has 2 amide bonds. The Hall–Kier alpha value is -2.76. The summed E-state index contributed by atoms with van der Waals surface area (Å²) >= 11 is 5.67. The van der Waals surface area contributed by atoms with Gasteiger partial charge in [-0.25, -0.2) is 13.2 Å². The molecule has 6 nitrogen and oxygen atoms in total. The van der Waals surface area contributed by atoms with Crippen molar-refractivity contribution in [2.75, 3.05) is 5.32 Å². The van der Waals surface area contributed by atoms with Gasteiger partial charge in [-0.15, -0.1) is 0 Å². The van der Waals surface area contributed by atoms with E-state index in [0.29, 0.717) is 0 Å². The quantitative estimate of drug-likeness (QED) is 0.596. The van der Waals surface area contributed by atoms with E-state index in [0.717, 1.165) is 22.9 Å². The number of carbonyl (C=O) groups excluding carboxylic acids is 2. The SMILES string of the molecule is NC(=O)c1cc(NC(=O)c2c(C(F)(F)F)c(Cl)nn2CC2CCC(F)(F)CC2)ccc1F. The van der Waals surface area contributed by atoms with Crippen LogP contribution in [0.5, 0.6) is 0 Å². The highest BCUT2D eigenvalue weighted by Crippen LogP contribution is 2.40. The molecular weight excluding hydrogens is 466 g/mol. The van der Waals surface area contributed by atoms with Crippen LogP contribution in [0.15, 0.2) is 18.2 Å². The number of nitrogens with zero attached hydrogens (tertiary/aromatic N) is 2. The minimum Gasteiger partial charge on any atom is -0.366 e. The molecule has 1 aliphatic rings. The Balaban J connectivity index is 1.94. The van der Waals surface area contributed by atoms with Crippen molar-refractivity contribution in [2.24, 2.45) is 11.7 Å². The maximum absolute atomic E-state index is 13.6. The maximum atomic E-state index is 13.6. The van der Waals surface area contributed by atoms with Crippen LogP contribution in [0.1, 0.15) is 52.1 Å². The normalized spacial score (nSPS) is 16.7. The van der Waals surface area contributed by atoms with Crippen LogP contribution in [0.2, 0.25) is 5.15 Å². The number of primary amides is 1. The summed E-state index contributed by atoms with van der Waals surface area (Å²) in [5.74, 6) is -6.67. The highest BCUT2D eigenvalue weighted by molar-refractivity contribution is 6.31. The predicted molar refractivity (Wildman–Crippen MR) is 102 cm³/mol. The lowest BCUT2D eigenvalue weighted by Gasteiger charge is -2.28. The number of hydrogen-bond acceptors (Lipinski definition) is 3. The van der Waals surface area contributed by atoms with Crippen molar-refractivity contribution in [2.45, 2.75) is 44.3 Å². The van der Waals surface area contributed by atoms with Crippen molar-refractivity contribution in [1.29, 1.82) is 0 Å². The molecule has 0 bridgehead atoms. The van der Waals surface area contributed by atoms with Crippen LogP contribution >= 0.6 is 11.6 Å². The summed E-state index contributed by atoms with van der Waals surface area (Å²) in [4.78, 5) is 24.0. The van der Waals surface area contributed by atoms with Gasteiger partial charge in [-0.2, -0.15) is 18.3 Å². The molecular formula is C19H17ClF6N4O2. The molecule has 32 heavy (non-hydrogen) atoms. The Morgan fingerprint density at radius 1 is 1.25 bits per heavy atom. The van der Waals surface area contributed by atoms with Gasteiger partial charge in [0.05, 0.1) is 5.56 Å². The van der Waals surface area contributed by atoms with E-state index in [4.69, 9.17) is 17.3 Å². The molecule has 1 heterocycles. The second kappa shape index (κ2) is 8.64. The van der Waals surface area contributed by atoms with Gasteiger partial charge in [-0.05, 0) is 37.0 Å². The predicted octanol–water partition coefficient (Wildman–Crippen LogP) is 4.87. The summed E-state index contributed by atoms with van der Waals surface area (Å²) in [6, 6.07) is 2.71. The first-order valence-corrected chi connectivity index (χ1v) is 9.78. The highest BCUT2D eigenvalue weighted by atomic mass is 35.5. The number of amides is 2. The van der Waals surface area contributed by atoms with Crippen molar-refractivity contribution in [1.82, 2.24) is 9.78 Å². The van der Waals surface area contributed by atoms with Crippen LogP contribution < -0.4 is 11.1 Å². The molecule has 174 valence electrons. The highest BCUT2D eigenvalue weighted by Gasteiger charge is 2.43. The molecule has 0 atom stereocenters. The molecule has 1 fully saturated rings. The number of aromatic nitrogens is 2. The average Bonchev–Trinajstić information content (AvgIpc) is 3.01. The van der Waals surface area contributed by atoms with Gasteiger partial charge < -0.3 is 11.1 Å². The number of benzene rings is 1. The topological polar surface area (TPSA) is 90.0 Å². The molecule has 3 rings (SSSR count). The van der Waals surface area contributed by atoms with Gasteiger partial charge in [-0.3, -0.25) is 14.3 Å². The lowest BCUT2D eigenvalue weighted by Crippen LogP contribution is -2.29. The molecule has 1 aromatic carbocycles. The minimum absolute atomic E-state index is 0.0345. The molecule has 2 aromatic rings. The largest absolute Gasteiger partial charge is 0.421 e. The fourth-order valence-electron chi connectivity index (χ4n) is 3.56. The second-order valence-electron chi connectivity index (χ2n) is 7.51. The first-order valence-electron chi connectivity index (χ1n) is 9.40. The summed E-state index contributed by atoms with van der Waals surface area (Å²) in [6.45, 7) is -0.232. The van der Waals surface area contributed by atoms with E-state index in [1.807, 2.05) is 0 Å². The van der Waals surface area contributed by atoms with Gasteiger partial charge in [0.25, 0.3) is 11.8 Å². The van der Waals surface area contributed by atoms with Crippen molar-refractivity contribution in [3.8, 4) is 0 Å². The Labute approximate surface area is 182 Å². The Morgan fingerprint density at radius 3 is 2.44 bits per heavy atom. The van der Waals surface area contributed by atoms with E-state index in [1.54, 1.807) is 0 Å². The first kappa shape index (κ1) is 23.9. The molecule has 1 aromatic heterocycles. The van der Waals surface area contributed by atoms with Gasteiger partial charge in [0.2, 0.25) is 5.92 Å². The summed E-state index contributed by atoms with van der Waals surface area (Å²) < 4.78 is 82.0. The van der Waals surface area contributed by atoms with Crippen LogP contribution in [0.3, 0.4) is 0 Å². The zero-order valence-electron chi connectivity index (χ0n) is 16.3. The van der Waals surface area contributed by atoms with Crippen LogP contribution in [-0.2, 0) is 12.7 Å². The van der Waals surface area contributed by atoms with E-state index < -0.39 is 70.5 Å². The monoisotopic (exact) mass is 482 g/mol. The molecule has 0 aliphatic heterocycles. The molecule has 3 N–H and O–H groups in total. The van der Waals surface area contributed by atoms with Crippen molar-refractivity contribution < 1.29 is 35.9 Å². The molecule has 1 aliphatic carbocycles. The van der Waals surface area contributed by atoms with E-state index in [9.17, 15) is 35.9 Å². The van der Waals surface area contributed by atoms with Crippen LogP contribution in [-0.4, -0.2) is 27.5 Å². The lowest BCUT2D eigenvalue weighted by atomic mass is 9.87. The second-order valence-corrected chi connectivity index (χ2v) is 7.86. The third kappa shape index (κ3) is 5.17. The maximum Gasteiger partial charge on any atom is 0.421 e. The summed E-state index contributed by atoms with van der Waals surface area (Å²) in [5.41, 5.74) is 1.84. The van der Waals surface area contributed by atoms with Crippen molar-refractivity contribution in [3.05, 3.63) is 46.0 Å². The van der Waals surface area contributed by atoms with Gasteiger partial charge in [-0.1, -0.05) is 11.6 Å². The molecule has 1 saturated carbocycles. The molecule has 0 unspecified atom stereocenters. The lowest BCUT2D eigenvalue weighted by molar-refractivity contribution is -0.137. The first-order chi connectivity index (χ1) is 14.8. The van der Waals surface area contributed by atoms with Gasteiger partial charge in [0.1, 0.15) is 17.1 Å². The average molecular weight is 483 g/mol.